The van der Waals surface area contributed by atoms with Gasteiger partial charge >= 0.3 is 0 Å². The summed E-state index contributed by atoms with van der Waals surface area (Å²) in [4.78, 5) is 21.5. The molecule has 7 nitrogen and oxygen atoms in total. The molecule has 2 aromatic rings. The molecular weight excluding hydrogens is 404 g/mol. The van der Waals surface area contributed by atoms with Gasteiger partial charge in [0.1, 0.15) is 29.5 Å². The molecule has 32 heavy (non-hydrogen) atoms. The molecule has 1 aliphatic rings. The lowest BCUT2D eigenvalue weighted by Crippen LogP contribution is -2.74. The molecule has 1 saturated carbocycles. The fraction of sp³-hybridized carbons (Fsp3) is 0.520. The van der Waals surface area contributed by atoms with E-state index in [-0.39, 0.29) is 34.8 Å². The van der Waals surface area contributed by atoms with Crippen LogP contribution in [0.15, 0.2) is 30.6 Å². The first-order valence-electron chi connectivity index (χ1n) is 11.0. The molecule has 0 spiro atoms. The van der Waals surface area contributed by atoms with Gasteiger partial charge in [-0.3, -0.25) is 4.79 Å². The summed E-state index contributed by atoms with van der Waals surface area (Å²) in [6.45, 7) is 14.7. The summed E-state index contributed by atoms with van der Waals surface area (Å²) >= 11 is 0. The van der Waals surface area contributed by atoms with Gasteiger partial charge in [0.2, 0.25) is 0 Å². The summed E-state index contributed by atoms with van der Waals surface area (Å²) in [5.74, 6) is 1.88. The Morgan fingerprint density at radius 3 is 2.34 bits per heavy atom. The van der Waals surface area contributed by atoms with E-state index in [9.17, 15) is 10.1 Å². The standard InChI is InChI=1S/C25H32N4O3/c1-8-31-19-11-18(10-9-16(19)12-26)32-23-24(4,5)22(25(23,6)7)29-21(30)17-13-27-20(15(2)3)28-14-17/h9-11,13-15,22-23H,8H2,1-7H3,(H,29,30). The lowest BCUT2D eigenvalue weighted by molar-refractivity contribution is -0.164. The molecule has 1 aliphatic carbocycles. The number of nitrogens with zero attached hydrogens (tertiary/aromatic N) is 3. The second-order valence-electron chi connectivity index (χ2n) is 9.73. The third-order valence-corrected chi connectivity index (χ3v) is 6.19. The minimum Gasteiger partial charge on any atom is -0.492 e. The van der Waals surface area contributed by atoms with Crippen LogP contribution < -0.4 is 14.8 Å². The highest BCUT2D eigenvalue weighted by molar-refractivity contribution is 5.94. The van der Waals surface area contributed by atoms with E-state index in [2.05, 4.69) is 49.0 Å². The van der Waals surface area contributed by atoms with Gasteiger partial charge in [-0.15, -0.1) is 0 Å². The van der Waals surface area contributed by atoms with Crippen molar-refractivity contribution in [2.24, 2.45) is 10.8 Å². The summed E-state index contributed by atoms with van der Waals surface area (Å²) in [5.41, 5.74) is 0.274. The van der Waals surface area contributed by atoms with Gasteiger partial charge in [-0.05, 0) is 19.1 Å². The number of carbonyl (C=O) groups excluding carboxylic acids is 1. The number of carbonyl (C=O) groups is 1. The third kappa shape index (κ3) is 4.27. The van der Waals surface area contributed by atoms with Gasteiger partial charge < -0.3 is 14.8 Å². The van der Waals surface area contributed by atoms with Gasteiger partial charge in [0.05, 0.1) is 17.7 Å². The van der Waals surface area contributed by atoms with E-state index in [1.54, 1.807) is 30.6 Å². The summed E-state index contributed by atoms with van der Waals surface area (Å²) in [6, 6.07) is 7.28. The zero-order valence-corrected chi connectivity index (χ0v) is 19.9. The van der Waals surface area contributed by atoms with Gasteiger partial charge in [-0.1, -0.05) is 41.5 Å². The number of nitrogens with one attached hydrogen (secondary N) is 1. The number of hydrogen-bond donors (Lipinski definition) is 1. The third-order valence-electron chi connectivity index (χ3n) is 6.19. The van der Waals surface area contributed by atoms with Crippen molar-refractivity contribution in [3.63, 3.8) is 0 Å². The van der Waals surface area contributed by atoms with E-state index in [0.717, 1.165) is 0 Å². The highest BCUT2D eigenvalue weighted by Gasteiger charge is 2.64. The van der Waals surface area contributed by atoms with Gasteiger partial charge in [0, 0.05) is 41.2 Å². The van der Waals surface area contributed by atoms with Crippen molar-refractivity contribution in [1.29, 1.82) is 5.26 Å². The molecule has 0 bridgehead atoms. The Labute approximate surface area is 190 Å². The Morgan fingerprint density at radius 1 is 1.19 bits per heavy atom. The fourth-order valence-electron chi connectivity index (χ4n) is 4.85. The SMILES string of the molecule is CCOc1cc(OC2C(C)(C)C(NC(=O)c3cnc(C(C)C)nc3)C2(C)C)ccc1C#N. The smallest absolute Gasteiger partial charge is 0.254 e. The topological polar surface area (TPSA) is 97.1 Å². The highest BCUT2D eigenvalue weighted by atomic mass is 16.5. The predicted molar refractivity (Wildman–Crippen MR) is 122 cm³/mol. The van der Waals surface area contributed by atoms with Gasteiger partial charge in [-0.25, -0.2) is 9.97 Å². The Hall–Kier alpha value is -3.14. The van der Waals surface area contributed by atoms with Crippen LogP contribution in [0.3, 0.4) is 0 Å². The van der Waals surface area contributed by atoms with Crippen LogP contribution >= 0.6 is 0 Å². The van der Waals surface area contributed by atoms with Gasteiger partial charge in [0.15, 0.2) is 0 Å². The number of nitriles is 1. The van der Waals surface area contributed by atoms with Crippen LogP contribution in [0, 0.1) is 22.2 Å². The maximum absolute atomic E-state index is 12.9. The fourth-order valence-corrected chi connectivity index (χ4v) is 4.85. The molecule has 1 N–H and O–H groups in total. The van der Waals surface area contributed by atoms with E-state index in [1.165, 1.54) is 0 Å². The number of aromatic nitrogens is 2. The van der Waals surface area contributed by atoms with Crippen LogP contribution in [0.1, 0.15) is 76.1 Å². The molecule has 1 aromatic heterocycles. The quantitative estimate of drug-likeness (QED) is 0.687. The normalized spacial score (nSPS) is 20.7. The van der Waals surface area contributed by atoms with Crippen LogP contribution in [-0.4, -0.2) is 34.6 Å². The van der Waals surface area contributed by atoms with Crippen LogP contribution in [0.5, 0.6) is 11.5 Å². The molecule has 1 fully saturated rings. The van der Waals surface area contributed by atoms with Gasteiger partial charge in [0.25, 0.3) is 5.91 Å². The molecule has 0 unspecified atom stereocenters. The molecule has 1 amide bonds. The van der Waals surface area contributed by atoms with Crippen LogP contribution in [0.2, 0.25) is 0 Å². The molecule has 3 rings (SSSR count). The average molecular weight is 437 g/mol. The number of ether oxygens (including phenoxy) is 2. The van der Waals surface area contributed by atoms with Crippen molar-refractivity contribution in [3.05, 3.63) is 47.5 Å². The first-order chi connectivity index (χ1) is 15.0. The van der Waals surface area contributed by atoms with E-state index in [1.807, 2.05) is 20.8 Å². The second kappa shape index (κ2) is 8.78. The van der Waals surface area contributed by atoms with Crippen LogP contribution in [-0.2, 0) is 0 Å². The Morgan fingerprint density at radius 2 is 1.81 bits per heavy atom. The molecule has 7 heteroatoms. The lowest BCUT2D eigenvalue weighted by Gasteiger charge is -2.63. The predicted octanol–water partition coefficient (Wildman–Crippen LogP) is 4.48. The first kappa shape index (κ1) is 23.5. The lowest BCUT2D eigenvalue weighted by atomic mass is 9.49. The van der Waals surface area contributed by atoms with E-state index in [0.29, 0.717) is 35.1 Å². The highest BCUT2D eigenvalue weighted by Crippen LogP contribution is 2.55. The first-order valence-corrected chi connectivity index (χ1v) is 11.0. The molecule has 170 valence electrons. The Bertz CT molecular complexity index is 1010. The number of benzene rings is 1. The molecule has 1 heterocycles. The minimum absolute atomic E-state index is 0.109. The van der Waals surface area contributed by atoms with E-state index in [4.69, 9.17) is 9.47 Å². The molecule has 0 atom stereocenters. The maximum Gasteiger partial charge on any atom is 0.254 e. The summed E-state index contributed by atoms with van der Waals surface area (Å²) in [7, 11) is 0. The average Bonchev–Trinajstić information content (AvgIpc) is 2.75. The van der Waals surface area contributed by atoms with Crippen molar-refractivity contribution in [2.75, 3.05) is 6.61 Å². The summed E-state index contributed by atoms with van der Waals surface area (Å²) in [5, 5.41) is 12.4. The minimum atomic E-state index is -0.322. The molecular formula is C25H32N4O3. The zero-order valence-electron chi connectivity index (χ0n) is 19.9. The molecule has 0 aliphatic heterocycles. The Balaban J connectivity index is 1.75. The van der Waals surface area contributed by atoms with Crippen molar-refractivity contribution >= 4 is 5.91 Å². The van der Waals surface area contributed by atoms with Gasteiger partial charge in [-0.2, -0.15) is 5.26 Å². The monoisotopic (exact) mass is 436 g/mol. The van der Waals surface area contributed by atoms with Crippen molar-refractivity contribution in [1.82, 2.24) is 15.3 Å². The zero-order chi connectivity index (χ0) is 23.7. The molecule has 0 saturated heterocycles. The maximum atomic E-state index is 12.9. The molecule has 0 radical (unpaired) electrons. The number of rotatable bonds is 7. The summed E-state index contributed by atoms with van der Waals surface area (Å²) in [6.07, 6.45) is 3.01. The van der Waals surface area contributed by atoms with E-state index >= 15 is 0 Å². The van der Waals surface area contributed by atoms with Crippen molar-refractivity contribution in [3.8, 4) is 17.6 Å². The number of amides is 1. The van der Waals surface area contributed by atoms with Crippen molar-refractivity contribution in [2.45, 2.75) is 66.5 Å². The van der Waals surface area contributed by atoms with Crippen LogP contribution in [0.4, 0.5) is 0 Å². The Kier molecular flexibility index (Phi) is 6.45. The van der Waals surface area contributed by atoms with Crippen molar-refractivity contribution < 1.29 is 14.3 Å². The summed E-state index contributed by atoms with van der Waals surface area (Å²) < 4.78 is 11.9. The number of hydrogen-bond acceptors (Lipinski definition) is 6. The van der Waals surface area contributed by atoms with E-state index < -0.39 is 0 Å². The second-order valence-corrected chi connectivity index (χ2v) is 9.73. The largest absolute Gasteiger partial charge is 0.492 e. The van der Waals surface area contributed by atoms with Crippen LogP contribution in [0.25, 0.3) is 0 Å². The molecule has 1 aromatic carbocycles.